The maximum absolute atomic E-state index is 12.6. The highest BCUT2D eigenvalue weighted by Crippen LogP contribution is 2.43. The molecule has 0 saturated carbocycles. The number of nitrogens with zero attached hydrogens (tertiary/aromatic N) is 1. The van der Waals surface area contributed by atoms with E-state index in [0.717, 1.165) is 77.0 Å². The zero-order valence-electron chi connectivity index (χ0n) is 32.7. The quantitative estimate of drug-likeness (QED) is 0.0166. The number of phosphoric acid groups is 1. The van der Waals surface area contributed by atoms with Crippen molar-refractivity contribution in [2.45, 2.75) is 148 Å². The molecule has 0 aromatic heterocycles. The Labute approximate surface area is 310 Å². The number of carbonyl (C=O) groups is 2. The van der Waals surface area contributed by atoms with Crippen molar-refractivity contribution in [2.75, 3.05) is 47.5 Å². The van der Waals surface area contributed by atoms with E-state index in [1.54, 1.807) is 6.08 Å². The third-order valence-corrected chi connectivity index (χ3v) is 8.93. The molecule has 0 spiro atoms. The first-order valence-corrected chi connectivity index (χ1v) is 21.0. The van der Waals surface area contributed by atoms with Crippen molar-refractivity contribution in [3.63, 3.8) is 0 Å². The lowest BCUT2D eigenvalue weighted by Crippen LogP contribution is -2.37. The second-order valence-corrected chi connectivity index (χ2v) is 15.6. The Balaban J connectivity index is 4.52. The van der Waals surface area contributed by atoms with Crippen molar-refractivity contribution in [1.82, 2.24) is 0 Å². The standard InChI is InChI=1S/C40H72NO9P/c1-6-8-10-12-14-15-16-17-19-23-28-32-40(44)50-38(36-49-51(45,46)48-34-33-41(3,4)5)35-47-39(43)31-27-24-20-22-26-30-37(42)29-25-21-18-13-11-9-7-2/h9,11-12,14,18,21,25,29,37-38,42H,6-8,10,13,15-17,19-20,22-24,26-28,30-36H2,1-5H3/p+1/b11-9+,14-12-,21-18+,29-25+/t37?,38-/m1/s1. The molecule has 2 unspecified atom stereocenters. The molecule has 0 aliphatic rings. The summed E-state index contributed by atoms with van der Waals surface area (Å²) in [4.78, 5) is 35.2. The molecule has 0 bridgehead atoms. The molecule has 0 saturated heterocycles. The number of unbranched alkanes of at least 4 members (excludes halogenated alkanes) is 11. The first-order valence-electron chi connectivity index (χ1n) is 19.5. The van der Waals surface area contributed by atoms with Gasteiger partial charge in [-0.05, 0) is 51.4 Å². The fourth-order valence-electron chi connectivity index (χ4n) is 4.82. The lowest BCUT2D eigenvalue weighted by molar-refractivity contribution is -0.870. The lowest BCUT2D eigenvalue weighted by Gasteiger charge is -2.24. The van der Waals surface area contributed by atoms with E-state index < -0.39 is 38.6 Å². The smallest absolute Gasteiger partial charge is 0.462 e. The molecule has 10 nitrogen and oxygen atoms in total. The molecule has 296 valence electrons. The van der Waals surface area contributed by atoms with E-state index in [1.165, 1.54) is 12.8 Å². The van der Waals surface area contributed by atoms with Gasteiger partial charge in [0.1, 0.15) is 19.8 Å². The molecule has 3 atom stereocenters. The highest BCUT2D eigenvalue weighted by atomic mass is 31.2. The van der Waals surface area contributed by atoms with Crippen LogP contribution >= 0.6 is 7.82 Å². The molecule has 0 heterocycles. The van der Waals surface area contributed by atoms with Gasteiger partial charge in [0.2, 0.25) is 0 Å². The number of aliphatic hydroxyl groups is 1. The van der Waals surface area contributed by atoms with E-state index in [9.17, 15) is 24.2 Å². The molecule has 0 amide bonds. The van der Waals surface area contributed by atoms with Crippen LogP contribution in [0.2, 0.25) is 0 Å². The van der Waals surface area contributed by atoms with E-state index in [-0.39, 0.29) is 26.1 Å². The molecule has 11 heteroatoms. The Bertz CT molecular complexity index is 1040. The van der Waals surface area contributed by atoms with Crippen LogP contribution in [-0.2, 0) is 32.7 Å². The van der Waals surface area contributed by atoms with E-state index in [4.69, 9.17) is 18.5 Å². The first-order chi connectivity index (χ1) is 24.4. The van der Waals surface area contributed by atoms with Crippen LogP contribution in [0.25, 0.3) is 0 Å². The van der Waals surface area contributed by atoms with Gasteiger partial charge in [0, 0.05) is 12.8 Å². The molecule has 0 aromatic carbocycles. The number of quaternary nitrogens is 1. The summed E-state index contributed by atoms with van der Waals surface area (Å²) in [6, 6.07) is 0. The van der Waals surface area contributed by atoms with Gasteiger partial charge in [-0.3, -0.25) is 18.6 Å². The number of hydrogen-bond donors (Lipinski definition) is 2. The van der Waals surface area contributed by atoms with Gasteiger partial charge in [-0.1, -0.05) is 120 Å². The predicted molar refractivity (Wildman–Crippen MR) is 207 cm³/mol. The monoisotopic (exact) mass is 743 g/mol. The van der Waals surface area contributed by atoms with Crippen molar-refractivity contribution in [1.29, 1.82) is 0 Å². The van der Waals surface area contributed by atoms with E-state index in [0.29, 0.717) is 30.3 Å². The van der Waals surface area contributed by atoms with Crippen LogP contribution in [0, 0.1) is 0 Å². The van der Waals surface area contributed by atoms with Gasteiger partial charge in [-0.2, -0.15) is 0 Å². The number of carbonyl (C=O) groups excluding carboxylic acids is 2. The van der Waals surface area contributed by atoms with E-state index >= 15 is 0 Å². The Hall–Kier alpha value is -2.07. The van der Waals surface area contributed by atoms with Crippen molar-refractivity contribution >= 4 is 19.8 Å². The summed E-state index contributed by atoms with van der Waals surface area (Å²) in [5.74, 6) is -0.893. The third-order valence-electron chi connectivity index (χ3n) is 7.95. The molecule has 0 aromatic rings. The lowest BCUT2D eigenvalue weighted by atomic mass is 10.1. The van der Waals surface area contributed by atoms with Gasteiger partial charge < -0.3 is 24.0 Å². The molecule has 0 rings (SSSR count). The van der Waals surface area contributed by atoms with Gasteiger partial charge >= 0.3 is 19.8 Å². The zero-order valence-corrected chi connectivity index (χ0v) is 33.6. The number of ether oxygens (including phenoxy) is 2. The zero-order chi connectivity index (χ0) is 38.1. The first kappa shape index (κ1) is 48.9. The number of hydrogen-bond acceptors (Lipinski definition) is 8. The number of likely N-dealkylation sites (N-methyl/N-ethyl adjacent to an activating group) is 1. The van der Waals surface area contributed by atoms with Crippen LogP contribution < -0.4 is 0 Å². The Kier molecular flexibility index (Phi) is 31.2. The van der Waals surface area contributed by atoms with Crippen molar-refractivity contribution in [2.24, 2.45) is 0 Å². The van der Waals surface area contributed by atoms with Gasteiger partial charge in [-0.25, -0.2) is 4.57 Å². The Morgan fingerprint density at radius 2 is 1.35 bits per heavy atom. The molecular weight excluding hydrogens is 669 g/mol. The normalized spacial score (nSPS) is 14.9. The topological polar surface area (TPSA) is 129 Å². The summed E-state index contributed by atoms with van der Waals surface area (Å²) in [5, 5.41) is 10.1. The number of rotatable bonds is 34. The van der Waals surface area contributed by atoms with Gasteiger partial charge in [-0.15, -0.1) is 0 Å². The SMILES string of the molecule is CC/C=C/C/C=C/C=C/C(O)CCCCCCCC(=O)OC[C@H](COP(=O)(O)OCC[N+](C)(C)C)OC(=O)CCCCCCC/C=C\CCCC. The fraction of sp³-hybridized carbons (Fsp3) is 0.750. The summed E-state index contributed by atoms with van der Waals surface area (Å²) in [7, 11) is 1.41. The molecule has 2 N–H and O–H groups in total. The average Bonchev–Trinajstić information content (AvgIpc) is 3.06. The van der Waals surface area contributed by atoms with Crippen molar-refractivity contribution < 1.29 is 47.2 Å². The van der Waals surface area contributed by atoms with Crippen molar-refractivity contribution in [3.05, 3.63) is 48.6 Å². The van der Waals surface area contributed by atoms with E-state index in [1.807, 2.05) is 33.3 Å². The summed E-state index contributed by atoms with van der Waals surface area (Å²) < 4.78 is 34.1. The van der Waals surface area contributed by atoms with E-state index in [2.05, 4.69) is 44.2 Å². The highest BCUT2D eigenvalue weighted by Gasteiger charge is 2.27. The number of esters is 2. The summed E-state index contributed by atoms with van der Waals surface area (Å²) >= 11 is 0. The summed E-state index contributed by atoms with van der Waals surface area (Å²) in [6.07, 6.45) is 31.8. The largest absolute Gasteiger partial charge is 0.472 e. The predicted octanol–water partition coefficient (Wildman–Crippen LogP) is 9.32. The molecule has 0 fully saturated rings. The third kappa shape index (κ3) is 36.1. The minimum absolute atomic E-state index is 0.0124. The summed E-state index contributed by atoms with van der Waals surface area (Å²) in [5.41, 5.74) is 0. The second-order valence-electron chi connectivity index (χ2n) is 14.1. The maximum atomic E-state index is 12.6. The minimum Gasteiger partial charge on any atom is -0.462 e. The average molecular weight is 743 g/mol. The Morgan fingerprint density at radius 3 is 2.02 bits per heavy atom. The number of aliphatic hydroxyl groups excluding tert-OH is 1. The van der Waals surface area contributed by atoms with Crippen LogP contribution in [0.1, 0.15) is 136 Å². The second kappa shape index (κ2) is 32.6. The molecule has 0 aliphatic carbocycles. The van der Waals surface area contributed by atoms with Crippen LogP contribution in [0.3, 0.4) is 0 Å². The minimum atomic E-state index is -4.39. The van der Waals surface area contributed by atoms with Crippen LogP contribution in [0.5, 0.6) is 0 Å². The fourth-order valence-corrected chi connectivity index (χ4v) is 5.57. The summed E-state index contributed by atoms with van der Waals surface area (Å²) in [6.45, 7) is 4.10. The van der Waals surface area contributed by atoms with Crippen LogP contribution in [0.15, 0.2) is 48.6 Å². The van der Waals surface area contributed by atoms with Crippen LogP contribution in [-0.4, -0.2) is 86.1 Å². The van der Waals surface area contributed by atoms with Gasteiger partial charge in [0.15, 0.2) is 6.10 Å². The number of phosphoric ester groups is 1. The van der Waals surface area contributed by atoms with Gasteiger partial charge in [0.25, 0.3) is 0 Å². The van der Waals surface area contributed by atoms with Crippen molar-refractivity contribution in [3.8, 4) is 0 Å². The van der Waals surface area contributed by atoms with Gasteiger partial charge in [0.05, 0.1) is 33.9 Å². The highest BCUT2D eigenvalue weighted by molar-refractivity contribution is 7.47. The number of allylic oxidation sites excluding steroid dienone is 7. The Morgan fingerprint density at radius 1 is 0.725 bits per heavy atom. The maximum Gasteiger partial charge on any atom is 0.472 e. The van der Waals surface area contributed by atoms with Crippen LogP contribution in [0.4, 0.5) is 0 Å². The molecule has 0 radical (unpaired) electrons. The molecule has 0 aliphatic heterocycles. The molecule has 51 heavy (non-hydrogen) atoms. The molecular formula is C40H73NO9P+.